The van der Waals surface area contributed by atoms with Gasteiger partial charge in [0.05, 0.1) is 59.5 Å². The van der Waals surface area contributed by atoms with Crippen molar-refractivity contribution in [1.82, 2.24) is 5.32 Å². The van der Waals surface area contributed by atoms with Gasteiger partial charge in [-0.2, -0.15) is 0 Å². The van der Waals surface area contributed by atoms with Crippen molar-refractivity contribution in [3.05, 3.63) is 35.8 Å². The van der Waals surface area contributed by atoms with E-state index in [0.717, 1.165) is 75.7 Å². The molecular formula is C117H225NO21. The van der Waals surface area contributed by atoms with E-state index in [-0.39, 0.29) is 136 Å². The summed E-state index contributed by atoms with van der Waals surface area (Å²) in [6.07, 6.45) is 12.6. The molecule has 0 aromatic carbocycles. The molecule has 2 aliphatic rings. The van der Waals surface area contributed by atoms with Crippen molar-refractivity contribution in [3.8, 4) is 0 Å². The maximum absolute atomic E-state index is 11.5. The molecule has 1 N–H and O–H groups in total. The van der Waals surface area contributed by atoms with Crippen molar-refractivity contribution in [2.24, 2.45) is 59.6 Å². The number of allylic oxidation sites excluding steroid dienone is 2. The van der Waals surface area contributed by atoms with E-state index in [1.165, 1.54) is 6.92 Å². The van der Waals surface area contributed by atoms with Crippen LogP contribution in [0.25, 0.3) is 0 Å². The Labute approximate surface area is 855 Å². The maximum atomic E-state index is 11.5. The molecule has 0 spiro atoms. The fraction of sp³-hybridized carbons (Fsp3) is 0.855. The molecule has 0 radical (unpaired) electrons. The fourth-order valence-electron chi connectivity index (χ4n) is 9.06. The summed E-state index contributed by atoms with van der Waals surface area (Å²) in [5.74, 6) is 3.40. The summed E-state index contributed by atoms with van der Waals surface area (Å²) < 4.78 is 55.6. The number of hydrogen-bond acceptors (Lipinski definition) is 21. The monoisotopic (exact) mass is 1980 g/mol. The lowest BCUT2D eigenvalue weighted by Gasteiger charge is -2.41. The van der Waals surface area contributed by atoms with Crippen molar-refractivity contribution in [3.63, 3.8) is 0 Å². The van der Waals surface area contributed by atoms with E-state index in [2.05, 4.69) is 253 Å². The minimum Gasteiger partial charge on any atom is -0.466 e. The molecule has 3 rings (SSSR count). The van der Waals surface area contributed by atoms with E-state index >= 15 is 0 Å². The molecule has 1 unspecified atom stereocenters. The van der Waals surface area contributed by atoms with Gasteiger partial charge in [-0.1, -0.05) is 283 Å². The zero-order chi connectivity index (χ0) is 113. The van der Waals surface area contributed by atoms with Gasteiger partial charge in [-0.05, 0) is 262 Å². The number of aryl methyl sites for hydroxylation is 1. The Bertz CT molecular complexity index is 3500. The van der Waals surface area contributed by atoms with Gasteiger partial charge >= 0.3 is 0 Å². The first-order chi connectivity index (χ1) is 61.2. The number of rotatable bonds is 33. The van der Waals surface area contributed by atoms with Crippen LogP contribution in [0.15, 0.2) is 28.7 Å². The van der Waals surface area contributed by atoms with Gasteiger partial charge < -0.3 is 52.4 Å². The number of hydrogen-bond donors (Lipinski definition) is 1. The Kier molecular flexibility index (Phi) is 70.6. The summed E-state index contributed by atoms with van der Waals surface area (Å²) in [5.41, 5.74) is -3.11. The summed E-state index contributed by atoms with van der Waals surface area (Å²) in [4.78, 5) is 121. The number of carbonyl (C=O) groups is 11. The molecule has 1 aromatic rings. The molecule has 22 heteroatoms. The highest BCUT2D eigenvalue weighted by atomic mass is 16.5. The lowest BCUT2D eigenvalue weighted by Crippen LogP contribution is -2.48. The predicted octanol–water partition coefficient (Wildman–Crippen LogP) is 28.5. The van der Waals surface area contributed by atoms with E-state index in [0.29, 0.717) is 64.9 Å². The van der Waals surface area contributed by atoms with Gasteiger partial charge in [-0.15, -0.1) is 0 Å². The number of amides is 1. The van der Waals surface area contributed by atoms with Gasteiger partial charge in [0.25, 0.3) is 5.91 Å². The van der Waals surface area contributed by atoms with Gasteiger partial charge in [0.2, 0.25) is 0 Å². The van der Waals surface area contributed by atoms with Crippen LogP contribution in [0.2, 0.25) is 0 Å². The summed E-state index contributed by atoms with van der Waals surface area (Å²) >= 11 is 0. The zero-order valence-corrected chi connectivity index (χ0v) is 102. The van der Waals surface area contributed by atoms with E-state index in [9.17, 15) is 52.7 Å². The van der Waals surface area contributed by atoms with Gasteiger partial charge in [0.15, 0.2) is 52.0 Å². The summed E-state index contributed by atoms with van der Waals surface area (Å²) in [6, 6.07) is 4.12. The summed E-state index contributed by atoms with van der Waals surface area (Å²) in [7, 11) is 1.62. The quantitative estimate of drug-likeness (QED) is 0.0639. The molecule has 0 bridgehead atoms. The molecule has 1 amide bonds. The lowest BCUT2D eigenvalue weighted by molar-refractivity contribution is -0.161. The molecule has 2 saturated carbocycles. The highest BCUT2D eigenvalue weighted by molar-refractivity contribution is 5.89. The van der Waals surface area contributed by atoms with Crippen LogP contribution in [-0.2, 0) is 107 Å². The molecule has 22 nitrogen and oxygen atoms in total. The first kappa shape index (κ1) is 152. The first-order valence-electron chi connectivity index (χ1n) is 50.9. The second-order valence-corrected chi connectivity index (χ2v) is 54.1. The topological polar surface area (TPSA) is 296 Å². The number of carbonyl (C=O) groups excluding carboxylic acids is 11. The molecule has 0 aliphatic heterocycles. The van der Waals surface area contributed by atoms with Gasteiger partial charge in [-0.3, -0.25) is 52.7 Å². The second kappa shape index (κ2) is 64.7. The van der Waals surface area contributed by atoms with Crippen LogP contribution < -0.4 is 5.32 Å². The van der Waals surface area contributed by atoms with Crippen LogP contribution >= 0.6 is 0 Å². The molecule has 2 aliphatic carbocycles. The normalized spacial score (nSPS) is 14.5. The van der Waals surface area contributed by atoms with Crippen molar-refractivity contribution in [2.45, 2.75) is 523 Å². The molecule has 1 aromatic heterocycles. The van der Waals surface area contributed by atoms with Crippen LogP contribution in [0.4, 0.5) is 0 Å². The number of ketones is 10. The molecule has 139 heavy (non-hydrogen) atoms. The third-order valence-electron chi connectivity index (χ3n) is 21.0. The highest BCUT2D eigenvalue weighted by Crippen LogP contribution is 2.42. The molecule has 824 valence electrons. The summed E-state index contributed by atoms with van der Waals surface area (Å²) in [6.45, 7) is 121. The van der Waals surface area contributed by atoms with Crippen LogP contribution in [0, 0.1) is 59.6 Å². The standard InChI is InChI=1S/C12H24O2.C11H20O2.C11H22O2.C10H21NO2.C10H18O2.3C10H20O2.C10H16O.C9H16O.C8H16O2.C6H12O/c1-7-12(8-2,10(3)13)14-9-11(4,5)6;1-9(12)11(6-5-7-11)13-8-10(2,3)4;1-7-11(6,9(2)12)13-8-10(3,4)5;1-9(2,3)7-13-10(4,5)8(12)11-6;1-8(11)10(5-6-10)12-7-9(2,3)4;3*1-8(11)10(5,6)12-7-9(2,3)4;1-5-8-6-7-9(11-8)10(2,3)4;1-8(10)6-5-7-9(2,3)4;1-7(9)5-10-6-8(2,3)4;1-5(7)6(2,3)4/h7-9H2,1-6H3;5-8H2,1-4H3;7-8H2,1-6H3;7H2,1-6H3,(H,11,12);5-7H2,1-4H3;3*7H2,1-6H3;6-7H,5H2,1-4H3;5-6H,7H2,1-4H3;5-6H2,1-4H3;1-4H3/b;;;;;;;;;6-5+;;. The summed E-state index contributed by atoms with van der Waals surface area (Å²) in [5, 5.41) is 2.58. The number of furan rings is 1. The molecule has 0 saturated heterocycles. The third-order valence-corrected chi connectivity index (χ3v) is 21.0. The van der Waals surface area contributed by atoms with E-state index in [1.54, 1.807) is 131 Å². The largest absolute Gasteiger partial charge is 0.466 e. The maximum Gasteiger partial charge on any atom is 0.251 e. The molecular weight excluding hydrogens is 1760 g/mol. The van der Waals surface area contributed by atoms with E-state index in [4.69, 9.17) is 47.0 Å². The predicted molar refractivity (Wildman–Crippen MR) is 581 cm³/mol. The Morgan fingerprint density at radius 3 is 0.806 bits per heavy atom. The van der Waals surface area contributed by atoms with Crippen LogP contribution in [0.5, 0.6) is 0 Å². The number of Topliss-reactive ketones (excluding diaryl/α,β-unsaturated/α-hetero) is 9. The Morgan fingerprint density at radius 2 is 0.626 bits per heavy atom. The van der Waals surface area contributed by atoms with Crippen molar-refractivity contribution in [1.29, 1.82) is 0 Å². The zero-order valence-electron chi connectivity index (χ0n) is 102. The highest BCUT2D eigenvalue weighted by Gasteiger charge is 2.49. The van der Waals surface area contributed by atoms with Crippen LogP contribution in [0.1, 0.15) is 478 Å². The SMILES string of the molecule is CC(=O)/C=C/CC(C)(C)C.CC(=O)C(C)(C)C.CC(=O)C(C)(C)OCC(C)(C)C.CC(=O)C(C)(C)OCC(C)(C)C.CC(=O)C(C)(C)OCC(C)(C)C.CC(=O)C1(OCC(C)(C)C)CC1.CC(=O)C1(OCC(C)(C)C)CCC1.CC(=O)COCC(C)(C)C.CCC(C)(OCC(C)(C)C)C(C)=O.CCC(CC)(OCC(C)(C)C)C(C)=O.CCc1ccc(C(C)(C)C)o1.CNC(=O)C(C)(C)OCC(C)(C)C. The minimum absolute atomic E-state index is 0.0757. The Hall–Kier alpha value is -5.17. The average molecular weight is 1980 g/mol. The van der Waals surface area contributed by atoms with Crippen molar-refractivity contribution in [2.75, 3.05) is 73.1 Å². The van der Waals surface area contributed by atoms with Crippen molar-refractivity contribution >= 4 is 63.7 Å². The number of likely N-dealkylation sites (N-methyl/N-ethyl adjacent to an activating group) is 1. The van der Waals surface area contributed by atoms with Gasteiger partial charge in [-0.25, -0.2) is 0 Å². The Balaban J connectivity index is -0.000000190. The van der Waals surface area contributed by atoms with Crippen LogP contribution in [-0.4, -0.2) is 182 Å². The lowest BCUT2D eigenvalue weighted by atomic mass is 9.77. The molecule has 2 fully saturated rings. The average Bonchev–Trinajstić information content (AvgIpc) is 1.64. The van der Waals surface area contributed by atoms with E-state index in [1.807, 2.05) is 54.5 Å². The van der Waals surface area contributed by atoms with Gasteiger partial charge in [0.1, 0.15) is 68.7 Å². The third kappa shape index (κ3) is 89.0. The first-order valence-corrected chi connectivity index (χ1v) is 50.9. The number of ether oxygens (including phenoxy) is 9. The second-order valence-electron chi connectivity index (χ2n) is 54.1. The minimum atomic E-state index is -0.734. The number of nitrogens with one attached hydrogen (secondary N) is 1. The van der Waals surface area contributed by atoms with E-state index < -0.39 is 39.2 Å². The molecule has 1 atom stereocenters. The van der Waals surface area contributed by atoms with Crippen molar-refractivity contribution < 1.29 is 99.8 Å². The molecule has 1 heterocycles. The van der Waals surface area contributed by atoms with Crippen LogP contribution in [0.3, 0.4) is 0 Å². The fourth-order valence-corrected chi connectivity index (χ4v) is 9.06. The van der Waals surface area contributed by atoms with Gasteiger partial charge in [0, 0.05) is 24.3 Å². The smallest absolute Gasteiger partial charge is 0.251 e. The Morgan fingerprint density at radius 1 is 0.338 bits per heavy atom.